The number of nitrogens with one attached hydrogen (secondary N) is 2. The van der Waals surface area contributed by atoms with Crippen LogP contribution in [0.25, 0.3) is 0 Å². The van der Waals surface area contributed by atoms with Crippen LogP contribution in [0.5, 0.6) is 0 Å². The van der Waals surface area contributed by atoms with Gasteiger partial charge in [-0.1, -0.05) is 48.9 Å². The van der Waals surface area contributed by atoms with Gasteiger partial charge < -0.3 is 10.6 Å². The van der Waals surface area contributed by atoms with Crippen molar-refractivity contribution < 1.29 is 4.39 Å². The molecule has 116 valence electrons. The van der Waals surface area contributed by atoms with Crippen LogP contribution in [0.4, 0.5) is 10.1 Å². The summed E-state index contributed by atoms with van der Waals surface area (Å²) in [5, 5.41) is 6.89. The predicted octanol–water partition coefficient (Wildman–Crippen LogP) is 4.79. The lowest BCUT2D eigenvalue weighted by molar-refractivity contribution is 0.587. The van der Waals surface area contributed by atoms with Gasteiger partial charge in [0.05, 0.1) is 5.02 Å². The molecule has 0 unspecified atom stereocenters. The Bertz CT molecular complexity index is 634. The number of hydrogen-bond donors (Lipinski definition) is 2. The standard InChI is InChI=1S/C17H18ClFN2S/c1-2-13(10-12-6-4-3-5-7-12)20-17(22)21-14-8-9-16(19)15(18)11-14/h3-9,11,13H,2,10H2,1H3,(H2,20,21,22)/t13-/m1/s1. The minimum atomic E-state index is -0.443. The first-order chi connectivity index (χ1) is 10.6. The van der Waals surface area contributed by atoms with Crippen molar-refractivity contribution in [3.63, 3.8) is 0 Å². The maximum absolute atomic E-state index is 13.1. The zero-order chi connectivity index (χ0) is 15.9. The molecule has 0 aliphatic rings. The Kier molecular flexibility index (Phi) is 6.16. The number of anilines is 1. The molecule has 5 heteroatoms. The molecule has 2 aromatic carbocycles. The lowest BCUT2D eigenvalue weighted by atomic mass is 10.0. The van der Waals surface area contributed by atoms with Gasteiger partial charge in [-0.25, -0.2) is 4.39 Å². The highest BCUT2D eigenvalue weighted by Crippen LogP contribution is 2.19. The highest BCUT2D eigenvalue weighted by molar-refractivity contribution is 7.80. The van der Waals surface area contributed by atoms with Crippen molar-refractivity contribution in [2.45, 2.75) is 25.8 Å². The summed E-state index contributed by atoms with van der Waals surface area (Å²) in [6.07, 6.45) is 1.84. The molecule has 2 N–H and O–H groups in total. The average molecular weight is 337 g/mol. The van der Waals surface area contributed by atoms with Crippen LogP contribution in [0.2, 0.25) is 5.02 Å². The SMILES string of the molecule is CC[C@H](Cc1ccccc1)NC(=S)Nc1ccc(F)c(Cl)c1. The highest BCUT2D eigenvalue weighted by atomic mass is 35.5. The molecule has 0 saturated heterocycles. The summed E-state index contributed by atoms with van der Waals surface area (Å²) in [6, 6.07) is 14.9. The maximum atomic E-state index is 13.1. The van der Waals surface area contributed by atoms with Crippen molar-refractivity contribution >= 4 is 34.6 Å². The van der Waals surface area contributed by atoms with Crippen LogP contribution in [-0.2, 0) is 6.42 Å². The Balaban J connectivity index is 1.93. The molecule has 0 bridgehead atoms. The van der Waals surface area contributed by atoms with Crippen LogP contribution in [0.1, 0.15) is 18.9 Å². The zero-order valence-corrected chi connectivity index (χ0v) is 13.8. The van der Waals surface area contributed by atoms with Crippen LogP contribution >= 0.6 is 23.8 Å². The number of halogens is 2. The number of hydrogen-bond acceptors (Lipinski definition) is 1. The Morgan fingerprint density at radius 2 is 1.95 bits per heavy atom. The molecule has 2 aromatic rings. The normalized spacial score (nSPS) is 11.8. The third kappa shape index (κ3) is 4.97. The highest BCUT2D eigenvalue weighted by Gasteiger charge is 2.09. The van der Waals surface area contributed by atoms with E-state index in [4.69, 9.17) is 23.8 Å². The molecule has 0 saturated carbocycles. The van der Waals surface area contributed by atoms with E-state index in [9.17, 15) is 4.39 Å². The smallest absolute Gasteiger partial charge is 0.171 e. The molecule has 0 heterocycles. The van der Waals surface area contributed by atoms with E-state index in [-0.39, 0.29) is 11.1 Å². The van der Waals surface area contributed by atoms with Crippen LogP contribution in [0.3, 0.4) is 0 Å². The summed E-state index contributed by atoms with van der Waals surface area (Å²) in [5.41, 5.74) is 1.92. The van der Waals surface area contributed by atoms with E-state index < -0.39 is 5.82 Å². The van der Waals surface area contributed by atoms with E-state index in [1.165, 1.54) is 17.7 Å². The van der Waals surface area contributed by atoms with Crippen LogP contribution < -0.4 is 10.6 Å². The lowest BCUT2D eigenvalue weighted by Gasteiger charge is -2.20. The van der Waals surface area contributed by atoms with Crippen molar-refractivity contribution in [2.75, 3.05) is 5.32 Å². The monoisotopic (exact) mass is 336 g/mol. The third-order valence-electron chi connectivity index (χ3n) is 3.33. The van der Waals surface area contributed by atoms with Crippen molar-refractivity contribution in [3.05, 3.63) is 64.9 Å². The van der Waals surface area contributed by atoms with Gasteiger partial charge in [-0.3, -0.25) is 0 Å². The molecule has 22 heavy (non-hydrogen) atoms. The van der Waals surface area contributed by atoms with Gasteiger partial charge in [-0.15, -0.1) is 0 Å². The lowest BCUT2D eigenvalue weighted by Crippen LogP contribution is -2.38. The van der Waals surface area contributed by atoms with Crippen LogP contribution in [-0.4, -0.2) is 11.2 Å². The van der Waals surface area contributed by atoms with Crippen molar-refractivity contribution in [2.24, 2.45) is 0 Å². The van der Waals surface area contributed by atoms with Crippen molar-refractivity contribution in [3.8, 4) is 0 Å². The second-order valence-corrected chi connectivity index (χ2v) is 5.84. The summed E-state index contributed by atoms with van der Waals surface area (Å²) in [6.45, 7) is 2.11. The fourth-order valence-electron chi connectivity index (χ4n) is 2.12. The molecule has 0 aliphatic heterocycles. The van der Waals surface area contributed by atoms with Gasteiger partial charge in [0.15, 0.2) is 5.11 Å². The summed E-state index contributed by atoms with van der Waals surface area (Å²) in [7, 11) is 0. The fourth-order valence-corrected chi connectivity index (χ4v) is 2.59. The van der Waals surface area contributed by atoms with Crippen molar-refractivity contribution in [1.29, 1.82) is 0 Å². The van der Waals surface area contributed by atoms with Gasteiger partial charge in [-0.2, -0.15) is 0 Å². The van der Waals surface area contributed by atoms with E-state index in [0.717, 1.165) is 12.8 Å². The predicted molar refractivity (Wildman–Crippen MR) is 95.0 cm³/mol. The van der Waals surface area contributed by atoms with E-state index in [2.05, 4.69) is 29.7 Å². The topological polar surface area (TPSA) is 24.1 Å². The summed E-state index contributed by atoms with van der Waals surface area (Å²) in [5.74, 6) is -0.443. The fraction of sp³-hybridized carbons (Fsp3) is 0.235. The molecule has 0 aliphatic carbocycles. The minimum absolute atomic E-state index is 0.0733. The maximum Gasteiger partial charge on any atom is 0.171 e. The molecule has 0 fully saturated rings. The van der Waals surface area contributed by atoms with Crippen LogP contribution in [0, 0.1) is 5.82 Å². The average Bonchev–Trinajstić information content (AvgIpc) is 2.51. The van der Waals surface area contributed by atoms with Gasteiger partial charge in [0, 0.05) is 11.7 Å². The molecular weight excluding hydrogens is 319 g/mol. The molecule has 2 nitrogen and oxygen atoms in total. The first-order valence-electron chi connectivity index (χ1n) is 7.15. The second-order valence-electron chi connectivity index (χ2n) is 5.02. The number of thiocarbonyl (C=S) groups is 1. The van der Waals surface area contributed by atoms with Gasteiger partial charge in [0.1, 0.15) is 5.82 Å². The molecule has 0 aromatic heterocycles. The first-order valence-corrected chi connectivity index (χ1v) is 7.93. The molecule has 0 amide bonds. The van der Waals surface area contributed by atoms with Crippen molar-refractivity contribution in [1.82, 2.24) is 5.32 Å². The Hall–Kier alpha value is -1.65. The Labute approximate surface area is 140 Å². The largest absolute Gasteiger partial charge is 0.359 e. The van der Waals surface area contributed by atoms with Gasteiger partial charge in [0.2, 0.25) is 0 Å². The van der Waals surface area contributed by atoms with E-state index >= 15 is 0 Å². The summed E-state index contributed by atoms with van der Waals surface area (Å²) in [4.78, 5) is 0. The minimum Gasteiger partial charge on any atom is -0.359 e. The quantitative estimate of drug-likeness (QED) is 0.768. The van der Waals surface area contributed by atoms with E-state index in [0.29, 0.717) is 10.8 Å². The summed E-state index contributed by atoms with van der Waals surface area (Å²) >= 11 is 11.1. The van der Waals surface area contributed by atoms with Gasteiger partial charge in [-0.05, 0) is 48.8 Å². The van der Waals surface area contributed by atoms with E-state index in [1.54, 1.807) is 6.07 Å². The molecule has 1 atom stereocenters. The molecule has 2 rings (SSSR count). The second kappa shape index (κ2) is 8.11. The third-order valence-corrected chi connectivity index (χ3v) is 3.84. The van der Waals surface area contributed by atoms with Gasteiger partial charge >= 0.3 is 0 Å². The number of rotatable bonds is 5. The first kappa shape index (κ1) is 16.7. The zero-order valence-electron chi connectivity index (χ0n) is 12.3. The van der Waals surface area contributed by atoms with Crippen LogP contribution in [0.15, 0.2) is 48.5 Å². The van der Waals surface area contributed by atoms with Gasteiger partial charge in [0.25, 0.3) is 0 Å². The Morgan fingerprint density at radius 3 is 2.59 bits per heavy atom. The van der Waals surface area contributed by atoms with E-state index in [1.807, 2.05) is 18.2 Å². The summed E-state index contributed by atoms with van der Waals surface area (Å²) < 4.78 is 13.1. The molecule has 0 spiro atoms. The molecular formula is C17H18ClFN2S. The number of benzene rings is 2. The molecule has 0 radical (unpaired) electrons. The Morgan fingerprint density at radius 1 is 1.23 bits per heavy atom.